The van der Waals surface area contributed by atoms with Gasteiger partial charge in [-0.1, -0.05) is 19.1 Å². The quantitative estimate of drug-likeness (QED) is 0.909. The van der Waals surface area contributed by atoms with Crippen LogP contribution in [0, 0.1) is 0 Å². The molecule has 0 saturated heterocycles. The molecule has 3 N–H and O–H groups in total. The van der Waals surface area contributed by atoms with Crippen molar-refractivity contribution in [3.8, 4) is 5.69 Å². The highest BCUT2D eigenvalue weighted by atomic mass is 19.4. The Morgan fingerprint density at radius 2 is 1.95 bits per heavy atom. The number of hydrogen-bond donors (Lipinski definition) is 2. The highest BCUT2D eigenvalue weighted by Gasteiger charge is 2.34. The van der Waals surface area contributed by atoms with Crippen LogP contribution in [-0.2, 0) is 19.0 Å². The number of aryl methyl sites for hydroxylation is 1. The first-order valence-corrected chi connectivity index (χ1v) is 6.59. The third-order valence-electron chi connectivity index (χ3n) is 3.27. The molecule has 7 heteroatoms. The normalized spacial score (nSPS) is 11.9. The molecule has 0 spiro atoms. The van der Waals surface area contributed by atoms with Gasteiger partial charge in [-0.25, -0.2) is 4.68 Å². The van der Waals surface area contributed by atoms with Gasteiger partial charge in [-0.05, 0) is 31.5 Å². The van der Waals surface area contributed by atoms with Gasteiger partial charge in [0.25, 0.3) is 5.56 Å². The van der Waals surface area contributed by atoms with E-state index in [2.05, 4.69) is 5.10 Å². The third-order valence-corrected chi connectivity index (χ3v) is 3.27. The monoisotopic (exact) mass is 299 g/mol. The number of halogens is 3. The number of para-hydroxylation sites is 1. The van der Waals surface area contributed by atoms with E-state index >= 15 is 0 Å². The summed E-state index contributed by atoms with van der Waals surface area (Å²) >= 11 is 0. The fourth-order valence-corrected chi connectivity index (χ4v) is 2.29. The summed E-state index contributed by atoms with van der Waals surface area (Å²) in [6.45, 7) is 2.09. The second kappa shape index (κ2) is 5.77. The average Bonchev–Trinajstić information content (AvgIpc) is 2.75. The number of nitrogens with two attached hydrogens (primary N) is 1. The first kappa shape index (κ1) is 15.4. The number of aromatic amines is 1. The lowest BCUT2D eigenvalue weighted by atomic mass is 10.1. The molecule has 21 heavy (non-hydrogen) atoms. The van der Waals surface area contributed by atoms with E-state index in [0.717, 1.165) is 10.7 Å². The van der Waals surface area contributed by atoms with Crippen molar-refractivity contribution < 1.29 is 13.2 Å². The molecule has 0 unspecified atom stereocenters. The maximum absolute atomic E-state index is 13.1. The zero-order valence-corrected chi connectivity index (χ0v) is 11.5. The van der Waals surface area contributed by atoms with Crippen LogP contribution >= 0.6 is 0 Å². The molecule has 0 bridgehead atoms. The minimum atomic E-state index is -4.53. The zero-order valence-electron chi connectivity index (χ0n) is 11.5. The second-order valence-corrected chi connectivity index (χ2v) is 4.62. The molecule has 0 fully saturated rings. The van der Waals surface area contributed by atoms with Gasteiger partial charge in [0, 0.05) is 11.3 Å². The van der Waals surface area contributed by atoms with E-state index in [-0.39, 0.29) is 12.2 Å². The van der Waals surface area contributed by atoms with Crippen molar-refractivity contribution in [2.45, 2.75) is 25.9 Å². The predicted octanol–water partition coefficient (Wildman–Crippen LogP) is 2.25. The van der Waals surface area contributed by atoms with E-state index in [1.807, 2.05) is 6.92 Å². The molecule has 2 rings (SSSR count). The lowest BCUT2D eigenvalue weighted by Gasteiger charge is -2.12. The van der Waals surface area contributed by atoms with Gasteiger partial charge in [0.05, 0.1) is 11.3 Å². The first-order valence-electron chi connectivity index (χ1n) is 6.59. The van der Waals surface area contributed by atoms with Gasteiger partial charge in [0.15, 0.2) is 0 Å². The number of rotatable bonds is 4. The van der Waals surface area contributed by atoms with Crippen molar-refractivity contribution in [3.05, 3.63) is 51.4 Å². The molecule has 1 heterocycles. The molecule has 114 valence electrons. The van der Waals surface area contributed by atoms with Crippen LogP contribution in [0.15, 0.2) is 29.1 Å². The van der Waals surface area contributed by atoms with E-state index in [4.69, 9.17) is 5.73 Å². The molecular weight excluding hydrogens is 283 g/mol. The van der Waals surface area contributed by atoms with Crippen LogP contribution in [0.1, 0.15) is 23.7 Å². The number of benzene rings is 1. The molecule has 0 amide bonds. The Balaban J connectivity index is 2.66. The SMILES string of the molecule is CCc1[nH]n(-c2ccccc2C(F)(F)F)c(=O)c1CCN. The van der Waals surface area contributed by atoms with Gasteiger partial charge in [0.2, 0.25) is 0 Å². The minimum absolute atomic E-state index is 0.201. The fraction of sp³-hybridized carbons (Fsp3) is 0.357. The summed E-state index contributed by atoms with van der Waals surface area (Å²) in [5.41, 5.74) is 4.98. The first-order chi connectivity index (χ1) is 9.90. The molecule has 0 saturated carbocycles. The zero-order chi connectivity index (χ0) is 15.6. The highest BCUT2D eigenvalue weighted by molar-refractivity contribution is 5.43. The topological polar surface area (TPSA) is 63.8 Å². The van der Waals surface area contributed by atoms with E-state index in [0.29, 0.717) is 24.1 Å². The standard InChI is InChI=1S/C14H16F3N3O/c1-2-11-9(7-8-18)13(21)20(19-11)12-6-4-3-5-10(12)14(15,16)17/h3-6,19H,2,7-8,18H2,1H3. The molecule has 4 nitrogen and oxygen atoms in total. The second-order valence-electron chi connectivity index (χ2n) is 4.62. The summed E-state index contributed by atoms with van der Waals surface area (Å²) in [5.74, 6) is 0. The van der Waals surface area contributed by atoms with Gasteiger partial charge in [0.1, 0.15) is 0 Å². The van der Waals surface area contributed by atoms with Crippen molar-refractivity contribution in [1.82, 2.24) is 9.78 Å². The van der Waals surface area contributed by atoms with Crippen LogP contribution in [0.3, 0.4) is 0 Å². The van der Waals surface area contributed by atoms with Crippen molar-refractivity contribution in [2.75, 3.05) is 6.54 Å². The number of nitrogens with zero attached hydrogens (tertiary/aromatic N) is 1. The van der Waals surface area contributed by atoms with Crippen molar-refractivity contribution in [1.29, 1.82) is 0 Å². The maximum atomic E-state index is 13.1. The number of nitrogens with one attached hydrogen (secondary N) is 1. The van der Waals surface area contributed by atoms with Crippen molar-refractivity contribution >= 4 is 0 Å². The lowest BCUT2D eigenvalue weighted by molar-refractivity contribution is -0.137. The highest BCUT2D eigenvalue weighted by Crippen LogP contribution is 2.33. The smallest absolute Gasteiger partial charge is 0.330 e. The number of H-pyrrole nitrogens is 1. The Kier molecular flexibility index (Phi) is 4.22. The molecule has 0 radical (unpaired) electrons. The number of alkyl halides is 3. The van der Waals surface area contributed by atoms with Crippen LogP contribution in [0.5, 0.6) is 0 Å². The Hall–Kier alpha value is -2.02. The molecule has 1 aromatic carbocycles. The number of aromatic nitrogens is 2. The van der Waals surface area contributed by atoms with E-state index in [1.54, 1.807) is 0 Å². The Morgan fingerprint density at radius 3 is 2.52 bits per heavy atom. The summed E-state index contributed by atoms with van der Waals surface area (Å²) in [4.78, 5) is 12.3. The molecule has 0 aliphatic heterocycles. The maximum Gasteiger partial charge on any atom is 0.418 e. The van der Waals surface area contributed by atoms with Gasteiger partial charge in [-0.15, -0.1) is 0 Å². The van der Waals surface area contributed by atoms with E-state index in [9.17, 15) is 18.0 Å². The molecule has 0 atom stereocenters. The van der Waals surface area contributed by atoms with Gasteiger partial charge < -0.3 is 5.73 Å². The summed E-state index contributed by atoms with van der Waals surface area (Å²) in [5, 5.41) is 2.76. The number of hydrogen-bond acceptors (Lipinski definition) is 2. The van der Waals surface area contributed by atoms with Crippen molar-refractivity contribution in [3.63, 3.8) is 0 Å². The molecule has 2 aromatic rings. The predicted molar refractivity (Wildman–Crippen MR) is 73.5 cm³/mol. The minimum Gasteiger partial charge on any atom is -0.330 e. The van der Waals surface area contributed by atoms with Crippen LogP contribution in [-0.4, -0.2) is 16.3 Å². The summed E-state index contributed by atoms with van der Waals surface area (Å²) < 4.78 is 40.1. The largest absolute Gasteiger partial charge is 0.418 e. The summed E-state index contributed by atoms with van der Waals surface area (Å²) in [6.07, 6.45) is -3.67. The molecular formula is C14H16F3N3O. The van der Waals surface area contributed by atoms with Gasteiger partial charge in [-0.3, -0.25) is 9.89 Å². The fourth-order valence-electron chi connectivity index (χ4n) is 2.29. The van der Waals surface area contributed by atoms with Crippen LogP contribution < -0.4 is 11.3 Å². The third kappa shape index (κ3) is 2.87. The van der Waals surface area contributed by atoms with E-state index in [1.165, 1.54) is 18.2 Å². The van der Waals surface area contributed by atoms with Gasteiger partial charge in [-0.2, -0.15) is 13.2 Å². The molecule has 0 aliphatic carbocycles. The van der Waals surface area contributed by atoms with E-state index < -0.39 is 17.3 Å². The Morgan fingerprint density at radius 1 is 1.29 bits per heavy atom. The van der Waals surface area contributed by atoms with Crippen molar-refractivity contribution in [2.24, 2.45) is 5.73 Å². The lowest BCUT2D eigenvalue weighted by Crippen LogP contribution is -2.22. The van der Waals surface area contributed by atoms with Gasteiger partial charge >= 0.3 is 6.18 Å². The van der Waals surface area contributed by atoms with Crippen LogP contribution in [0.2, 0.25) is 0 Å². The Bertz CT molecular complexity index is 686. The molecule has 1 aromatic heterocycles. The molecule has 0 aliphatic rings. The Labute approximate surface area is 119 Å². The summed E-state index contributed by atoms with van der Waals surface area (Å²) in [6, 6.07) is 4.98. The van der Waals surface area contributed by atoms with Crippen LogP contribution in [0.4, 0.5) is 13.2 Å². The van der Waals surface area contributed by atoms with Crippen LogP contribution in [0.25, 0.3) is 5.69 Å². The summed E-state index contributed by atoms with van der Waals surface area (Å²) in [7, 11) is 0. The average molecular weight is 299 g/mol.